The zero-order chi connectivity index (χ0) is 11.4. The second-order valence-electron chi connectivity index (χ2n) is 3.58. The fraction of sp³-hybridized carbons (Fsp3) is 0.231. The van der Waals surface area contributed by atoms with E-state index in [0.717, 1.165) is 0 Å². The maximum atomic E-state index is 3.29. The number of hydrogen-bond acceptors (Lipinski definition) is 3. The molecule has 1 heterocycles. The number of benzene rings is 1. The Morgan fingerprint density at radius 2 is 2.00 bits per heavy atom. The first-order chi connectivity index (χ1) is 7.81. The van der Waals surface area contributed by atoms with Crippen LogP contribution in [0.1, 0.15) is 18.5 Å². The molecule has 0 spiro atoms. The lowest BCUT2D eigenvalue weighted by Gasteiger charge is -2.14. The molecule has 0 saturated carbocycles. The zero-order valence-corrected chi connectivity index (χ0v) is 11.1. The molecule has 2 aromatic rings. The van der Waals surface area contributed by atoms with E-state index in [1.807, 2.05) is 18.8 Å². The summed E-state index contributed by atoms with van der Waals surface area (Å²) in [7, 11) is 2.00. The number of nitrogens with one attached hydrogen (secondary N) is 1. The van der Waals surface area contributed by atoms with Crippen LogP contribution < -0.4 is 5.32 Å². The summed E-state index contributed by atoms with van der Waals surface area (Å²) >= 11 is 3.63. The molecule has 3 heteroatoms. The Kier molecular flexibility index (Phi) is 4.04. The van der Waals surface area contributed by atoms with Gasteiger partial charge in [0.1, 0.15) is 0 Å². The van der Waals surface area contributed by atoms with Crippen molar-refractivity contribution < 1.29 is 0 Å². The summed E-state index contributed by atoms with van der Waals surface area (Å²) in [5, 5.41) is 5.41. The SMILES string of the molecule is CNC(C)c1ccccc1Sc1cccs1. The van der Waals surface area contributed by atoms with Crippen molar-refractivity contribution in [3.8, 4) is 0 Å². The molecule has 1 N–H and O–H groups in total. The quantitative estimate of drug-likeness (QED) is 0.872. The van der Waals surface area contributed by atoms with Gasteiger partial charge in [0.05, 0.1) is 4.21 Å². The average molecular weight is 249 g/mol. The third kappa shape index (κ3) is 2.67. The molecule has 0 saturated heterocycles. The Morgan fingerprint density at radius 1 is 1.19 bits per heavy atom. The van der Waals surface area contributed by atoms with Crippen LogP contribution in [-0.4, -0.2) is 7.05 Å². The number of rotatable bonds is 4. The van der Waals surface area contributed by atoms with Gasteiger partial charge in [-0.05, 0) is 37.0 Å². The maximum Gasteiger partial charge on any atom is 0.0646 e. The molecule has 0 aliphatic rings. The molecule has 0 fully saturated rings. The van der Waals surface area contributed by atoms with Crippen molar-refractivity contribution >= 4 is 23.1 Å². The summed E-state index contributed by atoms with van der Waals surface area (Å²) in [6, 6.07) is 13.2. The van der Waals surface area contributed by atoms with Crippen molar-refractivity contribution in [3.63, 3.8) is 0 Å². The second kappa shape index (κ2) is 5.53. The van der Waals surface area contributed by atoms with Crippen molar-refractivity contribution in [2.45, 2.75) is 22.1 Å². The van der Waals surface area contributed by atoms with Gasteiger partial charge in [0, 0.05) is 10.9 Å². The van der Waals surface area contributed by atoms with Crippen LogP contribution in [-0.2, 0) is 0 Å². The molecule has 1 unspecified atom stereocenters. The average Bonchev–Trinajstić information content (AvgIpc) is 2.82. The molecule has 0 aliphatic heterocycles. The summed E-state index contributed by atoms with van der Waals surface area (Å²) in [5.41, 5.74) is 1.36. The van der Waals surface area contributed by atoms with Gasteiger partial charge in [-0.25, -0.2) is 0 Å². The van der Waals surface area contributed by atoms with E-state index in [1.165, 1.54) is 14.7 Å². The minimum atomic E-state index is 0.392. The van der Waals surface area contributed by atoms with Crippen LogP contribution in [0.25, 0.3) is 0 Å². The lowest BCUT2D eigenvalue weighted by molar-refractivity contribution is 0.641. The van der Waals surface area contributed by atoms with Gasteiger partial charge in [-0.1, -0.05) is 36.0 Å². The topological polar surface area (TPSA) is 12.0 Å². The lowest BCUT2D eigenvalue weighted by Crippen LogP contribution is -2.12. The highest BCUT2D eigenvalue weighted by Crippen LogP contribution is 2.35. The summed E-state index contributed by atoms with van der Waals surface area (Å²) in [6.07, 6.45) is 0. The minimum absolute atomic E-state index is 0.392. The van der Waals surface area contributed by atoms with Gasteiger partial charge >= 0.3 is 0 Å². The van der Waals surface area contributed by atoms with Crippen LogP contribution in [0.15, 0.2) is 50.9 Å². The minimum Gasteiger partial charge on any atom is -0.313 e. The molecule has 0 amide bonds. The molecule has 1 aromatic carbocycles. The van der Waals surface area contributed by atoms with E-state index in [-0.39, 0.29) is 0 Å². The third-order valence-corrected chi connectivity index (χ3v) is 4.65. The molecule has 0 bridgehead atoms. The van der Waals surface area contributed by atoms with Crippen molar-refractivity contribution in [2.24, 2.45) is 0 Å². The van der Waals surface area contributed by atoms with E-state index < -0.39 is 0 Å². The Balaban J connectivity index is 2.26. The summed E-state index contributed by atoms with van der Waals surface area (Å²) < 4.78 is 1.34. The Labute approximate surface area is 105 Å². The highest BCUT2D eigenvalue weighted by Gasteiger charge is 2.09. The Morgan fingerprint density at radius 3 is 2.69 bits per heavy atom. The Hall–Kier alpha value is -0.770. The van der Waals surface area contributed by atoms with Crippen LogP contribution in [0.2, 0.25) is 0 Å². The summed E-state index contributed by atoms with van der Waals surface area (Å²) in [5.74, 6) is 0. The monoisotopic (exact) mass is 249 g/mol. The molecule has 16 heavy (non-hydrogen) atoms. The normalized spacial score (nSPS) is 12.6. The van der Waals surface area contributed by atoms with E-state index >= 15 is 0 Å². The van der Waals surface area contributed by atoms with Crippen LogP contribution in [0.4, 0.5) is 0 Å². The van der Waals surface area contributed by atoms with Crippen LogP contribution in [0.5, 0.6) is 0 Å². The molecule has 0 radical (unpaired) electrons. The first kappa shape index (κ1) is 11.7. The van der Waals surface area contributed by atoms with Gasteiger partial charge in [0.25, 0.3) is 0 Å². The Bertz CT molecular complexity index is 437. The van der Waals surface area contributed by atoms with Gasteiger partial charge in [-0.15, -0.1) is 11.3 Å². The van der Waals surface area contributed by atoms with Gasteiger partial charge in [-0.2, -0.15) is 0 Å². The van der Waals surface area contributed by atoms with Crippen molar-refractivity contribution in [1.29, 1.82) is 0 Å². The first-order valence-electron chi connectivity index (χ1n) is 5.29. The third-order valence-electron chi connectivity index (χ3n) is 2.52. The van der Waals surface area contributed by atoms with Crippen LogP contribution >= 0.6 is 23.1 Å². The molecule has 2 rings (SSSR count). The van der Waals surface area contributed by atoms with Crippen molar-refractivity contribution in [3.05, 3.63) is 47.3 Å². The van der Waals surface area contributed by atoms with E-state index in [4.69, 9.17) is 0 Å². The van der Waals surface area contributed by atoms with Crippen molar-refractivity contribution in [2.75, 3.05) is 7.05 Å². The highest BCUT2D eigenvalue weighted by molar-refractivity contribution is 8.01. The number of hydrogen-bond donors (Lipinski definition) is 1. The zero-order valence-electron chi connectivity index (χ0n) is 9.44. The fourth-order valence-corrected chi connectivity index (χ4v) is 3.47. The van der Waals surface area contributed by atoms with E-state index in [0.29, 0.717) is 6.04 Å². The molecule has 84 valence electrons. The second-order valence-corrected chi connectivity index (χ2v) is 5.87. The van der Waals surface area contributed by atoms with E-state index in [1.54, 1.807) is 11.3 Å². The molecule has 0 aliphatic carbocycles. The van der Waals surface area contributed by atoms with Gasteiger partial charge < -0.3 is 5.32 Å². The smallest absolute Gasteiger partial charge is 0.0646 e. The molecular formula is C13H15NS2. The van der Waals surface area contributed by atoms with E-state index in [9.17, 15) is 0 Å². The predicted molar refractivity (Wildman–Crippen MR) is 72.4 cm³/mol. The molecule has 1 aromatic heterocycles. The highest BCUT2D eigenvalue weighted by atomic mass is 32.2. The summed E-state index contributed by atoms with van der Waals surface area (Å²) in [4.78, 5) is 1.34. The summed E-state index contributed by atoms with van der Waals surface area (Å²) in [6.45, 7) is 2.19. The van der Waals surface area contributed by atoms with Crippen molar-refractivity contribution in [1.82, 2.24) is 5.32 Å². The first-order valence-corrected chi connectivity index (χ1v) is 6.98. The van der Waals surface area contributed by atoms with Gasteiger partial charge in [0.15, 0.2) is 0 Å². The molecule has 1 nitrogen and oxygen atoms in total. The maximum absolute atomic E-state index is 3.29. The number of thiophene rings is 1. The molecule has 1 atom stereocenters. The standard InChI is InChI=1S/C13H15NS2/c1-10(14-2)11-6-3-4-7-12(11)16-13-8-5-9-15-13/h3-10,14H,1-2H3. The predicted octanol–water partition coefficient (Wildman–Crippen LogP) is 4.18. The molecular weight excluding hydrogens is 234 g/mol. The van der Waals surface area contributed by atoms with Crippen LogP contribution in [0, 0.1) is 0 Å². The van der Waals surface area contributed by atoms with E-state index in [2.05, 4.69) is 54.0 Å². The van der Waals surface area contributed by atoms with Gasteiger partial charge in [0.2, 0.25) is 0 Å². The van der Waals surface area contributed by atoms with Crippen LogP contribution in [0.3, 0.4) is 0 Å². The largest absolute Gasteiger partial charge is 0.313 e. The van der Waals surface area contributed by atoms with Gasteiger partial charge in [-0.3, -0.25) is 0 Å². The lowest BCUT2D eigenvalue weighted by atomic mass is 10.1. The fourth-order valence-electron chi connectivity index (χ4n) is 1.52.